The summed E-state index contributed by atoms with van der Waals surface area (Å²) < 4.78 is 0. The average molecular weight is 226 g/mol. The van der Waals surface area contributed by atoms with Crippen molar-refractivity contribution in [2.24, 2.45) is 0 Å². The highest BCUT2D eigenvalue weighted by Gasteiger charge is 2.27. The molecule has 0 bridgehead atoms. The lowest BCUT2D eigenvalue weighted by Gasteiger charge is -2.24. The highest BCUT2D eigenvalue weighted by Crippen LogP contribution is 2.16. The van der Waals surface area contributed by atoms with Gasteiger partial charge in [-0.2, -0.15) is 0 Å². The number of ketones is 1. The smallest absolute Gasteiger partial charge is 0.182 e. The molecule has 82 valence electrons. The molecule has 15 heavy (non-hydrogen) atoms. The van der Waals surface area contributed by atoms with E-state index < -0.39 is 5.54 Å². The predicted octanol–water partition coefficient (Wildman–Crippen LogP) is 2.91. The van der Waals surface area contributed by atoms with Crippen LogP contribution in [0.3, 0.4) is 0 Å². The van der Waals surface area contributed by atoms with Gasteiger partial charge in [0, 0.05) is 10.6 Å². The zero-order valence-corrected chi connectivity index (χ0v) is 10.1. The Morgan fingerprint density at radius 3 is 2.67 bits per heavy atom. The SMILES string of the molecule is CCNC(C)(C)C(=O)c1cccc(Cl)c1. The molecule has 2 nitrogen and oxygen atoms in total. The van der Waals surface area contributed by atoms with Crippen LogP contribution in [0.2, 0.25) is 5.02 Å². The van der Waals surface area contributed by atoms with Crippen molar-refractivity contribution in [3.05, 3.63) is 34.9 Å². The first-order valence-electron chi connectivity index (χ1n) is 5.03. The number of nitrogens with one attached hydrogen (secondary N) is 1. The van der Waals surface area contributed by atoms with E-state index in [9.17, 15) is 4.79 Å². The highest BCUT2D eigenvalue weighted by atomic mass is 35.5. The number of carbonyl (C=O) groups excluding carboxylic acids is 1. The van der Waals surface area contributed by atoms with Gasteiger partial charge in [0.2, 0.25) is 0 Å². The normalized spacial score (nSPS) is 11.5. The summed E-state index contributed by atoms with van der Waals surface area (Å²) in [4.78, 5) is 12.1. The molecule has 3 heteroatoms. The van der Waals surface area contributed by atoms with Gasteiger partial charge in [-0.3, -0.25) is 4.79 Å². The molecule has 0 saturated carbocycles. The van der Waals surface area contributed by atoms with Gasteiger partial charge in [0.1, 0.15) is 0 Å². The molecule has 0 unspecified atom stereocenters. The maximum absolute atomic E-state index is 12.1. The van der Waals surface area contributed by atoms with Crippen molar-refractivity contribution in [3.8, 4) is 0 Å². The summed E-state index contributed by atoms with van der Waals surface area (Å²) in [5.41, 5.74) is 0.104. The van der Waals surface area contributed by atoms with Crippen LogP contribution in [-0.2, 0) is 0 Å². The van der Waals surface area contributed by atoms with Crippen molar-refractivity contribution in [3.63, 3.8) is 0 Å². The molecular weight excluding hydrogens is 210 g/mol. The summed E-state index contributed by atoms with van der Waals surface area (Å²) >= 11 is 5.84. The number of Topliss-reactive ketones (excluding diaryl/α,β-unsaturated/α-hetero) is 1. The minimum atomic E-state index is -0.542. The van der Waals surface area contributed by atoms with Crippen LogP contribution in [-0.4, -0.2) is 17.9 Å². The molecule has 0 heterocycles. The average Bonchev–Trinajstić information content (AvgIpc) is 2.16. The first-order valence-corrected chi connectivity index (χ1v) is 5.40. The molecular formula is C12H16ClNO. The zero-order valence-electron chi connectivity index (χ0n) is 9.30. The largest absolute Gasteiger partial charge is 0.305 e. The second-order valence-electron chi connectivity index (χ2n) is 3.99. The maximum atomic E-state index is 12.1. The van der Waals surface area contributed by atoms with Crippen LogP contribution in [0.15, 0.2) is 24.3 Å². The van der Waals surface area contributed by atoms with Crippen LogP contribution in [0.5, 0.6) is 0 Å². The van der Waals surface area contributed by atoms with E-state index in [1.165, 1.54) is 0 Å². The van der Waals surface area contributed by atoms with Crippen LogP contribution >= 0.6 is 11.6 Å². The van der Waals surface area contributed by atoms with Crippen LogP contribution in [0.25, 0.3) is 0 Å². The second kappa shape index (κ2) is 4.77. The molecule has 0 aliphatic carbocycles. The molecule has 0 spiro atoms. The van der Waals surface area contributed by atoms with E-state index in [2.05, 4.69) is 5.32 Å². The Morgan fingerprint density at radius 2 is 2.13 bits per heavy atom. The van der Waals surface area contributed by atoms with Crippen molar-refractivity contribution in [2.45, 2.75) is 26.3 Å². The molecule has 1 aromatic carbocycles. The van der Waals surface area contributed by atoms with Crippen molar-refractivity contribution < 1.29 is 4.79 Å². The third kappa shape index (κ3) is 3.05. The first-order chi connectivity index (χ1) is 6.97. The van der Waals surface area contributed by atoms with Gasteiger partial charge < -0.3 is 5.32 Å². The zero-order chi connectivity index (χ0) is 11.5. The molecule has 0 amide bonds. The number of rotatable bonds is 4. The molecule has 1 rings (SSSR count). The fraction of sp³-hybridized carbons (Fsp3) is 0.417. The lowest BCUT2D eigenvalue weighted by atomic mass is 9.93. The lowest BCUT2D eigenvalue weighted by molar-refractivity contribution is 0.0884. The maximum Gasteiger partial charge on any atom is 0.182 e. The molecule has 0 aromatic heterocycles. The molecule has 0 saturated heterocycles. The fourth-order valence-electron chi connectivity index (χ4n) is 1.51. The van der Waals surface area contributed by atoms with Crippen LogP contribution < -0.4 is 5.32 Å². The Labute approximate surface area is 95.6 Å². The third-order valence-electron chi connectivity index (χ3n) is 2.27. The minimum absolute atomic E-state index is 0.0619. The Balaban J connectivity index is 2.94. The summed E-state index contributed by atoms with van der Waals surface area (Å²) in [6.07, 6.45) is 0. The van der Waals surface area contributed by atoms with E-state index in [1.54, 1.807) is 24.3 Å². The fourth-order valence-corrected chi connectivity index (χ4v) is 1.70. The standard InChI is InChI=1S/C12H16ClNO/c1-4-14-12(2,3)11(15)9-6-5-7-10(13)8-9/h5-8,14H,4H2,1-3H3. The van der Waals surface area contributed by atoms with E-state index in [0.717, 1.165) is 6.54 Å². The van der Waals surface area contributed by atoms with Gasteiger partial charge in [-0.25, -0.2) is 0 Å². The van der Waals surface area contributed by atoms with Gasteiger partial charge in [-0.15, -0.1) is 0 Å². The molecule has 0 atom stereocenters. The molecule has 0 fully saturated rings. The molecule has 0 aliphatic heterocycles. The Kier molecular flexibility index (Phi) is 3.89. The Morgan fingerprint density at radius 1 is 1.47 bits per heavy atom. The summed E-state index contributed by atoms with van der Waals surface area (Å²) in [7, 11) is 0. The summed E-state index contributed by atoms with van der Waals surface area (Å²) in [6, 6.07) is 7.03. The van der Waals surface area contributed by atoms with E-state index in [4.69, 9.17) is 11.6 Å². The van der Waals surface area contributed by atoms with E-state index in [1.807, 2.05) is 20.8 Å². The van der Waals surface area contributed by atoms with Crippen LogP contribution in [0.4, 0.5) is 0 Å². The quantitative estimate of drug-likeness (QED) is 0.799. The Bertz CT molecular complexity index is 360. The first kappa shape index (κ1) is 12.2. The van der Waals surface area contributed by atoms with Crippen molar-refractivity contribution in [1.82, 2.24) is 5.32 Å². The highest BCUT2D eigenvalue weighted by molar-refractivity contribution is 6.31. The third-order valence-corrected chi connectivity index (χ3v) is 2.51. The van der Waals surface area contributed by atoms with E-state index in [0.29, 0.717) is 10.6 Å². The Hall–Kier alpha value is -0.860. The van der Waals surface area contributed by atoms with Crippen LogP contribution in [0.1, 0.15) is 31.1 Å². The van der Waals surface area contributed by atoms with Crippen molar-refractivity contribution in [2.75, 3.05) is 6.54 Å². The summed E-state index contributed by atoms with van der Waals surface area (Å²) in [5, 5.41) is 3.74. The van der Waals surface area contributed by atoms with Gasteiger partial charge in [0.25, 0.3) is 0 Å². The lowest BCUT2D eigenvalue weighted by Crippen LogP contribution is -2.46. The summed E-state index contributed by atoms with van der Waals surface area (Å²) in [6.45, 7) is 6.49. The number of hydrogen-bond acceptors (Lipinski definition) is 2. The number of benzene rings is 1. The van der Waals surface area contributed by atoms with Crippen molar-refractivity contribution in [1.29, 1.82) is 0 Å². The monoisotopic (exact) mass is 225 g/mol. The number of hydrogen-bond donors (Lipinski definition) is 1. The van der Waals surface area contributed by atoms with E-state index in [-0.39, 0.29) is 5.78 Å². The number of likely N-dealkylation sites (N-methyl/N-ethyl adjacent to an activating group) is 1. The van der Waals surface area contributed by atoms with Gasteiger partial charge in [0.05, 0.1) is 5.54 Å². The van der Waals surface area contributed by atoms with Gasteiger partial charge in [0.15, 0.2) is 5.78 Å². The molecule has 1 N–H and O–H groups in total. The topological polar surface area (TPSA) is 29.1 Å². The van der Waals surface area contributed by atoms with E-state index >= 15 is 0 Å². The second-order valence-corrected chi connectivity index (χ2v) is 4.43. The minimum Gasteiger partial charge on any atom is -0.305 e. The van der Waals surface area contributed by atoms with Gasteiger partial charge in [-0.05, 0) is 32.5 Å². The summed E-state index contributed by atoms with van der Waals surface area (Å²) in [5.74, 6) is 0.0619. The van der Waals surface area contributed by atoms with Gasteiger partial charge >= 0.3 is 0 Å². The number of carbonyl (C=O) groups is 1. The molecule has 0 aliphatic rings. The van der Waals surface area contributed by atoms with Gasteiger partial charge in [-0.1, -0.05) is 30.7 Å². The van der Waals surface area contributed by atoms with Crippen LogP contribution in [0, 0.1) is 0 Å². The molecule has 0 radical (unpaired) electrons. The number of halogens is 1. The molecule has 1 aromatic rings. The predicted molar refractivity (Wildman–Crippen MR) is 63.5 cm³/mol. The van der Waals surface area contributed by atoms with Crippen molar-refractivity contribution >= 4 is 17.4 Å².